The first-order valence-electron chi connectivity index (χ1n) is 7.58. The van der Waals surface area contributed by atoms with Crippen LogP contribution in [0.15, 0.2) is 24.3 Å². The Balaban J connectivity index is 2.10. The maximum atomic E-state index is 12.3. The molecule has 7 nitrogen and oxygen atoms in total. The Morgan fingerprint density at radius 1 is 1.39 bits per heavy atom. The summed E-state index contributed by atoms with van der Waals surface area (Å²) in [5.41, 5.74) is 6.35. The number of hydrogen-bond donors (Lipinski definition) is 2. The second kappa shape index (κ2) is 8.03. The van der Waals surface area contributed by atoms with Crippen molar-refractivity contribution < 1.29 is 4.79 Å². The molecule has 0 aliphatic heterocycles. The van der Waals surface area contributed by atoms with Gasteiger partial charge in [-0.15, -0.1) is 10.2 Å². The molecule has 0 saturated carbocycles. The van der Waals surface area contributed by atoms with E-state index in [2.05, 4.69) is 20.7 Å². The molecule has 2 atom stereocenters. The molecule has 0 aliphatic carbocycles. The number of amides is 1. The summed E-state index contributed by atoms with van der Waals surface area (Å²) in [6, 6.07) is 6.65. The average molecular weight is 337 g/mol. The van der Waals surface area contributed by atoms with Gasteiger partial charge >= 0.3 is 0 Å². The van der Waals surface area contributed by atoms with Gasteiger partial charge in [0.05, 0.1) is 0 Å². The van der Waals surface area contributed by atoms with E-state index in [9.17, 15) is 4.79 Å². The molecule has 0 aliphatic rings. The zero-order valence-corrected chi connectivity index (χ0v) is 14.0. The first-order valence-corrected chi connectivity index (χ1v) is 7.96. The molecule has 124 valence electrons. The van der Waals surface area contributed by atoms with Crippen LogP contribution in [-0.4, -0.2) is 39.2 Å². The van der Waals surface area contributed by atoms with E-state index >= 15 is 0 Å². The monoisotopic (exact) mass is 336 g/mol. The zero-order chi connectivity index (χ0) is 16.8. The molecule has 0 spiro atoms. The Labute approximate surface area is 140 Å². The molecule has 1 amide bonds. The van der Waals surface area contributed by atoms with Crippen LogP contribution in [0, 0.1) is 5.92 Å². The fraction of sp³-hybridized carbons (Fsp3) is 0.467. The number of nitrogens with zero attached hydrogens (tertiary/aromatic N) is 4. The van der Waals surface area contributed by atoms with Gasteiger partial charge in [0.2, 0.25) is 11.7 Å². The number of tetrazole rings is 1. The van der Waals surface area contributed by atoms with Crippen molar-refractivity contribution in [2.75, 3.05) is 13.1 Å². The summed E-state index contributed by atoms with van der Waals surface area (Å²) in [7, 11) is 0. The molecule has 0 radical (unpaired) electrons. The van der Waals surface area contributed by atoms with Crippen LogP contribution in [0.4, 0.5) is 0 Å². The predicted octanol–water partition coefficient (Wildman–Crippen LogP) is 1.66. The number of carbonyl (C=O) groups excluding carboxylic acids is 1. The number of benzene rings is 1. The van der Waals surface area contributed by atoms with Gasteiger partial charge in [0, 0.05) is 17.1 Å². The molecule has 0 bridgehead atoms. The van der Waals surface area contributed by atoms with Gasteiger partial charge in [0.1, 0.15) is 0 Å². The molecule has 0 saturated heterocycles. The second-order valence-corrected chi connectivity index (χ2v) is 5.89. The van der Waals surface area contributed by atoms with Gasteiger partial charge in [-0.1, -0.05) is 25.4 Å². The molecule has 8 heteroatoms. The van der Waals surface area contributed by atoms with E-state index in [0.717, 1.165) is 5.56 Å². The molecular formula is C15H21ClN6O. The minimum absolute atomic E-state index is 0.132. The smallest absolute Gasteiger partial charge is 0.246 e. The summed E-state index contributed by atoms with van der Waals surface area (Å²) in [6.07, 6.45) is 0.569. The van der Waals surface area contributed by atoms with Crippen molar-refractivity contribution in [3.8, 4) is 11.4 Å². The minimum atomic E-state index is -0.492. The van der Waals surface area contributed by atoms with Crippen molar-refractivity contribution in [2.45, 2.75) is 26.3 Å². The fourth-order valence-corrected chi connectivity index (χ4v) is 2.13. The van der Waals surface area contributed by atoms with Crippen LogP contribution in [0.25, 0.3) is 11.4 Å². The third kappa shape index (κ3) is 4.49. The highest BCUT2D eigenvalue weighted by molar-refractivity contribution is 6.30. The van der Waals surface area contributed by atoms with Crippen LogP contribution >= 0.6 is 11.6 Å². The first kappa shape index (κ1) is 17.4. The van der Waals surface area contributed by atoms with Crippen molar-refractivity contribution >= 4 is 17.5 Å². The van der Waals surface area contributed by atoms with Gasteiger partial charge in [0.15, 0.2) is 6.04 Å². The summed E-state index contributed by atoms with van der Waals surface area (Å²) >= 11 is 5.87. The van der Waals surface area contributed by atoms with Gasteiger partial charge in [-0.3, -0.25) is 4.79 Å². The lowest BCUT2D eigenvalue weighted by Gasteiger charge is -2.15. The summed E-state index contributed by atoms with van der Waals surface area (Å²) in [5.74, 6) is 0.556. The van der Waals surface area contributed by atoms with E-state index < -0.39 is 6.04 Å². The number of rotatable bonds is 7. The van der Waals surface area contributed by atoms with Crippen molar-refractivity contribution in [1.29, 1.82) is 0 Å². The van der Waals surface area contributed by atoms with Gasteiger partial charge in [-0.2, -0.15) is 4.80 Å². The van der Waals surface area contributed by atoms with Crippen molar-refractivity contribution in [3.63, 3.8) is 0 Å². The Morgan fingerprint density at radius 3 is 2.70 bits per heavy atom. The lowest BCUT2D eigenvalue weighted by molar-refractivity contribution is -0.125. The molecule has 23 heavy (non-hydrogen) atoms. The number of carbonyl (C=O) groups is 1. The van der Waals surface area contributed by atoms with Crippen LogP contribution in [0.3, 0.4) is 0 Å². The van der Waals surface area contributed by atoms with Crippen LogP contribution in [0.2, 0.25) is 5.02 Å². The van der Waals surface area contributed by atoms with E-state index in [4.69, 9.17) is 17.3 Å². The number of hydrogen-bond acceptors (Lipinski definition) is 5. The van der Waals surface area contributed by atoms with Gasteiger partial charge in [-0.25, -0.2) is 0 Å². The molecular weight excluding hydrogens is 316 g/mol. The van der Waals surface area contributed by atoms with Crippen LogP contribution in [-0.2, 0) is 4.79 Å². The molecule has 0 fully saturated rings. The average Bonchev–Trinajstić information content (AvgIpc) is 3.03. The molecule has 1 aromatic carbocycles. The maximum Gasteiger partial charge on any atom is 0.246 e. The van der Waals surface area contributed by atoms with E-state index in [-0.39, 0.29) is 11.8 Å². The number of nitrogens with two attached hydrogens (primary N) is 1. The summed E-state index contributed by atoms with van der Waals surface area (Å²) < 4.78 is 0. The van der Waals surface area contributed by atoms with Crippen LogP contribution < -0.4 is 11.1 Å². The van der Waals surface area contributed by atoms with E-state index in [1.165, 1.54) is 4.80 Å². The Bertz CT molecular complexity index is 642. The Morgan fingerprint density at radius 2 is 2.09 bits per heavy atom. The third-order valence-electron chi connectivity index (χ3n) is 3.53. The molecule has 3 N–H and O–H groups in total. The highest BCUT2D eigenvalue weighted by atomic mass is 35.5. The number of nitrogens with one attached hydrogen (secondary N) is 1. The van der Waals surface area contributed by atoms with Gasteiger partial charge in [0.25, 0.3) is 0 Å². The van der Waals surface area contributed by atoms with Crippen molar-refractivity contribution in [1.82, 2.24) is 25.5 Å². The Kier molecular flexibility index (Phi) is 6.06. The normalized spacial score (nSPS) is 13.6. The second-order valence-electron chi connectivity index (χ2n) is 5.45. The first-order chi connectivity index (χ1) is 11.0. The maximum absolute atomic E-state index is 12.3. The highest BCUT2D eigenvalue weighted by Gasteiger charge is 2.22. The molecule has 2 rings (SSSR count). The summed E-state index contributed by atoms with van der Waals surface area (Å²) in [5, 5.41) is 15.9. The van der Waals surface area contributed by atoms with E-state index in [1.807, 2.05) is 26.0 Å². The fourth-order valence-electron chi connectivity index (χ4n) is 2.00. The quantitative estimate of drug-likeness (QED) is 0.801. The summed E-state index contributed by atoms with van der Waals surface area (Å²) in [4.78, 5) is 13.6. The lowest BCUT2D eigenvalue weighted by Crippen LogP contribution is -2.37. The van der Waals surface area contributed by atoms with Crippen LogP contribution in [0.1, 0.15) is 26.3 Å². The molecule has 1 aromatic heterocycles. The number of halogens is 1. The Hall–Kier alpha value is -1.99. The predicted molar refractivity (Wildman–Crippen MR) is 88.8 cm³/mol. The van der Waals surface area contributed by atoms with Gasteiger partial charge < -0.3 is 11.1 Å². The number of aromatic nitrogens is 4. The van der Waals surface area contributed by atoms with E-state index in [0.29, 0.717) is 30.4 Å². The van der Waals surface area contributed by atoms with Crippen molar-refractivity contribution in [2.24, 2.45) is 11.7 Å². The molecule has 2 unspecified atom stereocenters. The lowest BCUT2D eigenvalue weighted by atomic mass is 10.1. The molecule has 2 aromatic rings. The van der Waals surface area contributed by atoms with Crippen LogP contribution in [0.5, 0.6) is 0 Å². The van der Waals surface area contributed by atoms with Crippen molar-refractivity contribution in [3.05, 3.63) is 29.3 Å². The highest BCUT2D eigenvalue weighted by Crippen LogP contribution is 2.18. The zero-order valence-electron chi connectivity index (χ0n) is 13.2. The third-order valence-corrected chi connectivity index (χ3v) is 3.78. The summed E-state index contributed by atoms with van der Waals surface area (Å²) in [6.45, 7) is 4.94. The van der Waals surface area contributed by atoms with E-state index in [1.54, 1.807) is 12.1 Å². The van der Waals surface area contributed by atoms with Gasteiger partial charge in [-0.05, 0) is 48.4 Å². The molecule has 1 heterocycles. The topological polar surface area (TPSA) is 98.7 Å². The minimum Gasteiger partial charge on any atom is -0.354 e. The largest absolute Gasteiger partial charge is 0.354 e. The standard InChI is InChI=1S/C15H21ClN6O/c1-3-13(15(23)18-9-10(2)8-17)22-20-14(19-21-22)11-4-6-12(16)7-5-11/h4-7,10,13H,3,8-9,17H2,1-2H3,(H,18,23). The SMILES string of the molecule is CCC(C(=O)NCC(C)CN)n1nnc(-c2ccc(Cl)cc2)n1.